The molecule has 0 radical (unpaired) electrons. The van der Waals surface area contributed by atoms with E-state index >= 15 is 0 Å². The highest BCUT2D eigenvalue weighted by Gasteiger charge is 2.14. The van der Waals surface area contributed by atoms with Crippen LogP contribution in [0.25, 0.3) is 0 Å². The molecule has 3 heterocycles. The Bertz CT molecular complexity index is 444. The third-order valence-electron chi connectivity index (χ3n) is 4.40. The summed E-state index contributed by atoms with van der Waals surface area (Å²) in [5.74, 6) is 1.12. The standard InChI is InChI=1S/C17H27N3O/c1(3-12-21-16-9-11-18-13-16)2-6-15-8-7-14-5-4-10-19-17(14)20-15/h7-8,16,18H,1-6,9-13H2,(H,19,20)/t16-/m0/s1. The quantitative estimate of drug-likeness (QED) is 0.757. The lowest BCUT2D eigenvalue weighted by Gasteiger charge is -2.17. The molecule has 0 spiro atoms. The number of fused-ring (bicyclic) bond motifs is 1. The van der Waals surface area contributed by atoms with Gasteiger partial charge in [-0.1, -0.05) is 12.5 Å². The van der Waals surface area contributed by atoms with Crippen molar-refractivity contribution in [3.8, 4) is 0 Å². The number of hydrogen-bond acceptors (Lipinski definition) is 4. The van der Waals surface area contributed by atoms with Crippen LogP contribution in [-0.2, 0) is 17.6 Å². The van der Waals surface area contributed by atoms with Crippen LogP contribution < -0.4 is 10.6 Å². The lowest BCUT2D eigenvalue weighted by molar-refractivity contribution is 0.0642. The van der Waals surface area contributed by atoms with Crippen molar-refractivity contribution in [2.24, 2.45) is 0 Å². The molecular formula is C17H27N3O. The zero-order chi connectivity index (χ0) is 14.3. The molecule has 2 aliphatic rings. The zero-order valence-electron chi connectivity index (χ0n) is 12.9. The van der Waals surface area contributed by atoms with Crippen molar-refractivity contribution >= 4 is 5.82 Å². The van der Waals surface area contributed by atoms with Crippen molar-refractivity contribution in [2.75, 3.05) is 31.6 Å². The summed E-state index contributed by atoms with van der Waals surface area (Å²) in [4.78, 5) is 4.74. The van der Waals surface area contributed by atoms with E-state index in [1.807, 2.05) is 0 Å². The average Bonchev–Trinajstić information content (AvgIpc) is 3.04. The number of ether oxygens (including phenoxy) is 1. The lowest BCUT2D eigenvalue weighted by Crippen LogP contribution is -2.17. The van der Waals surface area contributed by atoms with Crippen molar-refractivity contribution in [1.29, 1.82) is 0 Å². The summed E-state index contributed by atoms with van der Waals surface area (Å²) < 4.78 is 5.84. The molecule has 2 aliphatic heterocycles. The summed E-state index contributed by atoms with van der Waals surface area (Å²) in [6.45, 7) is 4.12. The third kappa shape index (κ3) is 4.42. The van der Waals surface area contributed by atoms with Gasteiger partial charge in [0.15, 0.2) is 0 Å². The number of pyridine rings is 1. The molecule has 0 saturated carbocycles. The molecule has 3 rings (SSSR count). The minimum atomic E-state index is 0.457. The summed E-state index contributed by atoms with van der Waals surface area (Å²) >= 11 is 0. The van der Waals surface area contributed by atoms with Gasteiger partial charge in [0, 0.05) is 25.4 Å². The fraction of sp³-hybridized carbons (Fsp3) is 0.706. The molecule has 0 amide bonds. The van der Waals surface area contributed by atoms with Crippen LogP contribution in [0.15, 0.2) is 12.1 Å². The van der Waals surface area contributed by atoms with Crippen LogP contribution in [0.1, 0.15) is 43.4 Å². The molecule has 1 saturated heterocycles. The van der Waals surface area contributed by atoms with Crippen LogP contribution in [0.4, 0.5) is 5.82 Å². The van der Waals surface area contributed by atoms with E-state index in [-0.39, 0.29) is 0 Å². The molecule has 4 heteroatoms. The summed E-state index contributed by atoms with van der Waals surface area (Å²) in [7, 11) is 0. The molecule has 1 aromatic heterocycles. The molecule has 0 unspecified atom stereocenters. The van der Waals surface area contributed by atoms with Crippen LogP contribution in [0.3, 0.4) is 0 Å². The summed E-state index contributed by atoms with van der Waals surface area (Å²) in [5, 5.41) is 6.74. The molecule has 21 heavy (non-hydrogen) atoms. The van der Waals surface area contributed by atoms with Crippen LogP contribution in [0, 0.1) is 0 Å². The number of aryl methyl sites for hydroxylation is 2. The van der Waals surface area contributed by atoms with Crippen molar-refractivity contribution < 1.29 is 4.74 Å². The maximum Gasteiger partial charge on any atom is 0.129 e. The molecule has 1 atom stereocenters. The minimum Gasteiger partial charge on any atom is -0.377 e. The maximum atomic E-state index is 5.84. The normalized spacial score (nSPS) is 21.0. The number of anilines is 1. The van der Waals surface area contributed by atoms with Crippen LogP contribution in [0.2, 0.25) is 0 Å². The number of rotatable bonds is 7. The number of aromatic nitrogens is 1. The van der Waals surface area contributed by atoms with E-state index in [0.717, 1.165) is 38.5 Å². The highest BCUT2D eigenvalue weighted by molar-refractivity contribution is 5.46. The number of hydrogen-bond donors (Lipinski definition) is 2. The van der Waals surface area contributed by atoms with Gasteiger partial charge in [-0.25, -0.2) is 4.98 Å². The highest BCUT2D eigenvalue weighted by atomic mass is 16.5. The van der Waals surface area contributed by atoms with Crippen molar-refractivity contribution in [3.05, 3.63) is 23.4 Å². The predicted octanol–water partition coefficient (Wildman–Crippen LogP) is 2.53. The van der Waals surface area contributed by atoms with E-state index in [4.69, 9.17) is 9.72 Å². The van der Waals surface area contributed by atoms with E-state index in [1.54, 1.807) is 0 Å². The van der Waals surface area contributed by atoms with Gasteiger partial charge in [0.25, 0.3) is 0 Å². The second-order valence-electron chi connectivity index (χ2n) is 6.14. The van der Waals surface area contributed by atoms with Gasteiger partial charge in [-0.2, -0.15) is 0 Å². The monoisotopic (exact) mass is 289 g/mol. The zero-order valence-corrected chi connectivity index (χ0v) is 12.9. The third-order valence-corrected chi connectivity index (χ3v) is 4.40. The van der Waals surface area contributed by atoms with Gasteiger partial charge in [0.05, 0.1) is 6.10 Å². The summed E-state index contributed by atoms with van der Waals surface area (Å²) in [6.07, 6.45) is 8.71. The molecule has 1 aromatic rings. The molecular weight excluding hydrogens is 262 g/mol. The van der Waals surface area contributed by atoms with Gasteiger partial charge >= 0.3 is 0 Å². The van der Waals surface area contributed by atoms with Crippen LogP contribution in [-0.4, -0.2) is 37.3 Å². The molecule has 0 aliphatic carbocycles. The Hall–Kier alpha value is -1.13. The van der Waals surface area contributed by atoms with E-state index in [2.05, 4.69) is 22.8 Å². The van der Waals surface area contributed by atoms with Crippen LogP contribution >= 0.6 is 0 Å². The first-order valence-electron chi connectivity index (χ1n) is 8.47. The Labute approximate surface area is 127 Å². The first kappa shape index (κ1) is 14.8. The molecule has 4 nitrogen and oxygen atoms in total. The van der Waals surface area contributed by atoms with Gasteiger partial charge in [0.1, 0.15) is 5.82 Å². The summed E-state index contributed by atoms with van der Waals surface area (Å²) in [5.41, 5.74) is 2.60. The van der Waals surface area contributed by atoms with Crippen molar-refractivity contribution in [1.82, 2.24) is 10.3 Å². The maximum absolute atomic E-state index is 5.84. The SMILES string of the molecule is c1cc2c(nc1CCCCCO[C@H]1CCNC1)NCCC2. The minimum absolute atomic E-state index is 0.457. The molecule has 0 aromatic carbocycles. The lowest BCUT2D eigenvalue weighted by atomic mass is 10.1. The Balaban J connectivity index is 1.31. The fourth-order valence-corrected chi connectivity index (χ4v) is 3.11. The molecule has 2 N–H and O–H groups in total. The van der Waals surface area contributed by atoms with E-state index < -0.39 is 0 Å². The second-order valence-corrected chi connectivity index (χ2v) is 6.14. The van der Waals surface area contributed by atoms with Crippen molar-refractivity contribution in [2.45, 2.75) is 51.0 Å². The largest absolute Gasteiger partial charge is 0.377 e. The second kappa shape index (κ2) is 7.76. The van der Waals surface area contributed by atoms with Gasteiger partial charge in [-0.15, -0.1) is 0 Å². The Morgan fingerprint density at radius 1 is 1.19 bits per heavy atom. The van der Waals surface area contributed by atoms with E-state index in [0.29, 0.717) is 6.10 Å². The number of nitrogens with zero attached hydrogens (tertiary/aromatic N) is 1. The average molecular weight is 289 g/mol. The Morgan fingerprint density at radius 3 is 3.10 bits per heavy atom. The number of unbranched alkanes of at least 4 members (excludes halogenated alkanes) is 2. The highest BCUT2D eigenvalue weighted by Crippen LogP contribution is 2.20. The fourth-order valence-electron chi connectivity index (χ4n) is 3.11. The Morgan fingerprint density at radius 2 is 2.19 bits per heavy atom. The number of nitrogens with one attached hydrogen (secondary N) is 2. The summed E-state index contributed by atoms with van der Waals surface area (Å²) in [6, 6.07) is 4.45. The molecule has 0 bridgehead atoms. The molecule has 1 fully saturated rings. The first-order valence-corrected chi connectivity index (χ1v) is 8.47. The van der Waals surface area contributed by atoms with Crippen LogP contribution in [0.5, 0.6) is 0 Å². The van der Waals surface area contributed by atoms with Gasteiger partial charge < -0.3 is 15.4 Å². The van der Waals surface area contributed by atoms with Gasteiger partial charge in [-0.3, -0.25) is 0 Å². The van der Waals surface area contributed by atoms with Gasteiger partial charge in [0.2, 0.25) is 0 Å². The Kier molecular flexibility index (Phi) is 5.46. The smallest absolute Gasteiger partial charge is 0.129 e. The first-order chi connectivity index (χ1) is 10.4. The predicted molar refractivity (Wildman–Crippen MR) is 85.8 cm³/mol. The van der Waals surface area contributed by atoms with E-state index in [1.165, 1.54) is 49.8 Å². The topological polar surface area (TPSA) is 46.2 Å². The molecule has 116 valence electrons. The van der Waals surface area contributed by atoms with Gasteiger partial charge in [-0.05, 0) is 56.7 Å². The van der Waals surface area contributed by atoms with Crippen molar-refractivity contribution in [3.63, 3.8) is 0 Å². The van der Waals surface area contributed by atoms with E-state index in [9.17, 15) is 0 Å².